The Labute approximate surface area is 103 Å². The van der Waals surface area contributed by atoms with Gasteiger partial charge in [0, 0.05) is 0 Å². The summed E-state index contributed by atoms with van der Waals surface area (Å²) in [6.07, 6.45) is 2.15. The van der Waals surface area contributed by atoms with Crippen LogP contribution in [0.1, 0.15) is 17.4 Å². The van der Waals surface area contributed by atoms with Gasteiger partial charge in [-0.2, -0.15) is 0 Å². The Balaban J connectivity index is 2.16. The molecule has 0 fully saturated rings. The van der Waals surface area contributed by atoms with E-state index < -0.39 is 5.82 Å². The smallest absolute Gasteiger partial charge is 0.141 e. The Kier molecular flexibility index (Phi) is 3.78. The highest BCUT2D eigenvalue weighted by molar-refractivity contribution is 6.30. The summed E-state index contributed by atoms with van der Waals surface area (Å²) >= 11 is 5.72. The normalized spacial score (nSPS) is 12.6. The molecule has 5 heteroatoms. The number of hydrogen-bond acceptors (Lipinski definition) is 3. The number of halogens is 2. The SMILES string of the molecule is NNC(Cc1ccc(F)c(Cl)c1)c1ccco1. The lowest BCUT2D eigenvalue weighted by atomic mass is 10.0. The molecule has 0 bridgehead atoms. The first-order valence-electron chi connectivity index (χ1n) is 5.14. The molecule has 2 rings (SSSR count). The Bertz CT molecular complexity index is 487. The van der Waals surface area contributed by atoms with E-state index in [2.05, 4.69) is 5.43 Å². The van der Waals surface area contributed by atoms with Gasteiger partial charge in [0.2, 0.25) is 0 Å². The molecule has 1 aromatic heterocycles. The molecular weight excluding hydrogens is 243 g/mol. The maximum absolute atomic E-state index is 13.0. The lowest BCUT2D eigenvalue weighted by Gasteiger charge is -2.13. The molecule has 2 aromatic rings. The predicted molar refractivity (Wildman–Crippen MR) is 63.9 cm³/mol. The van der Waals surface area contributed by atoms with Crippen LogP contribution in [0.5, 0.6) is 0 Å². The largest absolute Gasteiger partial charge is 0.468 e. The summed E-state index contributed by atoms with van der Waals surface area (Å²) in [7, 11) is 0. The summed E-state index contributed by atoms with van der Waals surface area (Å²) in [6, 6.07) is 8.06. The van der Waals surface area contributed by atoms with E-state index in [1.807, 2.05) is 6.07 Å². The van der Waals surface area contributed by atoms with E-state index in [9.17, 15) is 4.39 Å². The van der Waals surface area contributed by atoms with Gasteiger partial charge in [-0.05, 0) is 36.2 Å². The molecule has 0 aliphatic carbocycles. The van der Waals surface area contributed by atoms with Crippen LogP contribution >= 0.6 is 11.6 Å². The number of nitrogens with two attached hydrogens (primary N) is 1. The fourth-order valence-corrected chi connectivity index (χ4v) is 1.84. The minimum Gasteiger partial charge on any atom is -0.468 e. The fourth-order valence-electron chi connectivity index (χ4n) is 1.63. The van der Waals surface area contributed by atoms with Gasteiger partial charge in [-0.1, -0.05) is 17.7 Å². The van der Waals surface area contributed by atoms with Crippen molar-refractivity contribution in [2.24, 2.45) is 5.84 Å². The van der Waals surface area contributed by atoms with Crippen LogP contribution in [-0.4, -0.2) is 0 Å². The molecule has 0 aliphatic rings. The Hall–Kier alpha value is -1.36. The number of benzene rings is 1. The molecule has 0 aliphatic heterocycles. The van der Waals surface area contributed by atoms with Crippen LogP contribution in [0.25, 0.3) is 0 Å². The van der Waals surface area contributed by atoms with Gasteiger partial charge in [0.15, 0.2) is 0 Å². The van der Waals surface area contributed by atoms with Gasteiger partial charge in [0.05, 0.1) is 17.3 Å². The zero-order valence-electron chi connectivity index (χ0n) is 8.99. The van der Waals surface area contributed by atoms with Crippen molar-refractivity contribution in [2.75, 3.05) is 0 Å². The number of hydrogen-bond donors (Lipinski definition) is 2. The average molecular weight is 255 g/mol. The third-order valence-electron chi connectivity index (χ3n) is 2.51. The third kappa shape index (κ3) is 2.85. The van der Waals surface area contributed by atoms with Crippen LogP contribution in [0.15, 0.2) is 41.0 Å². The Morgan fingerprint density at radius 3 is 2.82 bits per heavy atom. The summed E-state index contributed by atoms with van der Waals surface area (Å²) < 4.78 is 18.3. The van der Waals surface area contributed by atoms with Gasteiger partial charge in [-0.15, -0.1) is 0 Å². The van der Waals surface area contributed by atoms with Crippen LogP contribution in [-0.2, 0) is 6.42 Å². The van der Waals surface area contributed by atoms with Crippen molar-refractivity contribution in [3.05, 3.63) is 58.8 Å². The Morgan fingerprint density at radius 1 is 1.41 bits per heavy atom. The monoisotopic (exact) mass is 254 g/mol. The number of nitrogens with one attached hydrogen (secondary N) is 1. The number of rotatable bonds is 4. The van der Waals surface area contributed by atoms with Gasteiger partial charge >= 0.3 is 0 Å². The standard InChI is InChI=1S/C12H12ClFN2O/c13-9-6-8(3-4-10(9)14)7-11(16-15)12-2-1-5-17-12/h1-6,11,16H,7,15H2. The molecule has 0 radical (unpaired) electrons. The highest BCUT2D eigenvalue weighted by atomic mass is 35.5. The minimum absolute atomic E-state index is 0.109. The van der Waals surface area contributed by atoms with E-state index in [4.69, 9.17) is 21.9 Å². The maximum Gasteiger partial charge on any atom is 0.141 e. The first-order chi connectivity index (χ1) is 8.20. The molecule has 0 saturated carbocycles. The summed E-state index contributed by atoms with van der Waals surface area (Å²) in [5.74, 6) is 5.77. The van der Waals surface area contributed by atoms with Crippen LogP contribution < -0.4 is 11.3 Å². The topological polar surface area (TPSA) is 51.2 Å². The average Bonchev–Trinajstić information content (AvgIpc) is 2.84. The first kappa shape index (κ1) is 12.1. The fraction of sp³-hybridized carbons (Fsp3) is 0.167. The number of furan rings is 1. The molecule has 0 amide bonds. The second-order valence-electron chi connectivity index (χ2n) is 3.69. The quantitative estimate of drug-likeness (QED) is 0.652. The van der Waals surface area contributed by atoms with E-state index in [0.717, 1.165) is 11.3 Å². The van der Waals surface area contributed by atoms with E-state index >= 15 is 0 Å². The van der Waals surface area contributed by atoms with Crippen molar-refractivity contribution in [1.82, 2.24) is 5.43 Å². The van der Waals surface area contributed by atoms with Crippen LogP contribution in [0.3, 0.4) is 0 Å². The molecular formula is C12H12ClFN2O. The van der Waals surface area contributed by atoms with Gasteiger partial charge < -0.3 is 4.42 Å². The molecule has 1 unspecified atom stereocenters. The highest BCUT2D eigenvalue weighted by Crippen LogP contribution is 2.21. The second kappa shape index (κ2) is 5.31. The molecule has 1 atom stereocenters. The molecule has 0 saturated heterocycles. The molecule has 90 valence electrons. The van der Waals surface area contributed by atoms with Crippen LogP contribution in [0, 0.1) is 5.82 Å². The highest BCUT2D eigenvalue weighted by Gasteiger charge is 2.13. The van der Waals surface area contributed by atoms with Gasteiger partial charge in [-0.25, -0.2) is 9.82 Å². The van der Waals surface area contributed by atoms with E-state index in [-0.39, 0.29) is 11.1 Å². The van der Waals surface area contributed by atoms with Crippen molar-refractivity contribution in [3.8, 4) is 0 Å². The molecule has 1 aromatic carbocycles. The number of hydrazine groups is 1. The van der Waals surface area contributed by atoms with Crippen molar-refractivity contribution in [3.63, 3.8) is 0 Å². The van der Waals surface area contributed by atoms with E-state index in [1.54, 1.807) is 24.5 Å². The van der Waals surface area contributed by atoms with Crippen LogP contribution in [0.4, 0.5) is 4.39 Å². The summed E-state index contributed by atoms with van der Waals surface area (Å²) in [5.41, 5.74) is 3.54. The van der Waals surface area contributed by atoms with Crippen molar-refractivity contribution >= 4 is 11.6 Å². The molecule has 3 nitrogen and oxygen atoms in total. The van der Waals surface area contributed by atoms with Crippen molar-refractivity contribution < 1.29 is 8.81 Å². The molecule has 17 heavy (non-hydrogen) atoms. The lowest BCUT2D eigenvalue weighted by Crippen LogP contribution is -2.29. The van der Waals surface area contributed by atoms with Crippen molar-refractivity contribution in [1.29, 1.82) is 0 Å². The predicted octanol–water partition coefficient (Wildman–Crippen LogP) is 2.82. The lowest BCUT2D eigenvalue weighted by molar-refractivity contribution is 0.416. The molecule has 3 N–H and O–H groups in total. The molecule has 0 spiro atoms. The minimum atomic E-state index is -0.425. The first-order valence-corrected chi connectivity index (χ1v) is 5.52. The zero-order chi connectivity index (χ0) is 12.3. The Morgan fingerprint density at radius 2 is 2.24 bits per heavy atom. The maximum atomic E-state index is 13.0. The summed E-state index contributed by atoms with van der Waals surface area (Å²) in [6.45, 7) is 0. The van der Waals surface area contributed by atoms with Gasteiger partial charge in [-0.3, -0.25) is 5.84 Å². The van der Waals surface area contributed by atoms with Gasteiger partial charge in [0.1, 0.15) is 11.6 Å². The van der Waals surface area contributed by atoms with Crippen molar-refractivity contribution in [2.45, 2.75) is 12.5 Å². The van der Waals surface area contributed by atoms with Crippen LogP contribution in [0.2, 0.25) is 5.02 Å². The second-order valence-corrected chi connectivity index (χ2v) is 4.09. The summed E-state index contributed by atoms with van der Waals surface area (Å²) in [4.78, 5) is 0. The van der Waals surface area contributed by atoms with E-state index in [1.165, 1.54) is 6.07 Å². The summed E-state index contributed by atoms with van der Waals surface area (Å²) in [5, 5.41) is 0.109. The van der Waals surface area contributed by atoms with E-state index in [0.29, 0.717) is 6.42 Å². The zero-order valence-corrected chi connectivity index (χ0v) is 9.75. The third-order valence-corrected chi connectivity index (χ3v) is 2.80. The molecule has 1 heterocycles. The van der Waals surface area contributed by atoms with Gasteiger partial charge in [0.25, 0.3) is 0 Å².